The highest BCUT2D eigenvalue weighted by Crippen LogP contribution is 2.40. The van der Waals surface area contributed by atoms with E-state index in [-0.39, 0.29) is 23.4 Å². The van der Waals surface area contributed by atoms with Crippen molar-refractivity contribution in [2.24, 2.45) is 0 Å². The second-order valence-corrected chi connectivity index (χ2v) is 10.4. The van der Waals surface area contributed by atoms with Gasteiger partial charge in [0.1, 0.15) is 0 Å². The molecule has 0 atom stereocenters. The van der Waals surface area contributed by atoms with Crippen LogP contribution in [0, 0.1) is 6.92 Å². The molecule has 0 aromatic heterocycles. The van der Waals surface area contributed by atoms with Gasteiger partial charge in [0, 0.05) is 4.47 Å². The lowest BCUT2D eigenvalue weighted by molar-refractivity contribution is -0.123. The Morgan fingerprint density at radius 2 is 1.80 bits per heavy atom. The maximum Gasteiger partial charge on any atom is 0.344 e. The highest BCUT2D eigenvalue weighted by atomic mass is 79.9. The SMILES string of the molecule is COc1cc(/C=C2\SC(=O)N(Cc3cccc(C)c3)C2=O)cc(Br)c1OC(=O)c1ccccc1Br. The Bertz CT molecular complexity index is 1370. The molecule has 0 radical (unpaired) electrons. The standard InChI is InChI=1S/C26H19Br2NO5S/c1-15-6-5-7-16(10-15)14-29-24(30)22(35-26(29)32)13-17-11-20(28)23(21(12-17)33-2)34-25(31)18-8-3-4-9-19(18)27/h3-13H,14H2,1-2H3/b22-13-. The van der Waals surface area contributed by atoms with Gasteiger partial charge in [0.15, 0.2) is 11.5 Å². The molecular formula is C26H19Br2NO5S. The lowest BCUT2D eigenvalue weighted by Crippen LogP contribution is -2.27. The zero-order chi connectivity index (χ0) is 25.1. The number of aryl methyl sites for hydroxylation is 1. The zero-order valence-corrected chi connectivity index (χ0v) is 22.7. The second kappa shape index (κ2) is 10.8. The number of ether oxygens (including phenoxy) is 2. The summed E-state index contributed by atoms with van der Waals surface area (Å²) < 4.78 is 12.1. The topological polar surface area (TPSA) is 72.9 Å². The Kier molecular flexibility index (Phi) is 7.78. The Labute approximate surface area is 223 Å². The predicted molar refractivity (Wildman–Crippen MR) is 142 cm³/mol. The van der Waals surface area contributed by atoms with E-state index in [1.165, 1.54) is 12.0 Å². The maximum atomic E-state index is 12.9. The molecule has 1 fully saturated rings. The summed E-state index contributed by atoms with van der Waals surface area (Å²) in [5, 5.41) is -0.326. The van der Waals surface area contributed by atoms with Crippen molar-refractivity contribution in [1.82, 2.24) is 4.90 Å². The number of hydrogen-bond donors (Lipinski definition) is 0. The van der Waals surface area contributed by atoms with E-state index in [2.05, 4.69) is 31.9 Å². The number of methoxy groups -OCH3 is 1. The number of amides is 2. The summed E-state index contributed by atoms with van der Waals surface area (Å²) in [6.07, 6.45) is 1.62. The third kappa shape index (κ3) is 5.69. The molecule has 35 heavy (non-hydrogen) atoms. The zero-order valence-electron chi connectivity index (χ0n) is 18.7. The van der Waals surface area contributed by atoms with Crippen LogP contribution in [0.15, 0.2) is 74.5 Å². The van der Waals surface area contributed by atoms with E-state index in [4.69, 9.17) is 9.47 Å². The Morgan fingerprint density at radius 1 is 1.03 bits per heavy atom. The molecule has 0 N–H and O–H groups in total. The van der Waals surface area contributed by atoms with Gasteiger partial charge < -0.3 is 9.47 Å². The highest BCUT2D eigenvalue weighted by Gasteiger charge is 2.35. The van der Waals surface area contributed by atoms with Crippen LogP contribution in [0.1, 0.15) is 27.0 Å². The van der Waals surface area contributed by atoms with Gasteiger partial charge in [0.2, 0.25) is 0 Å². The molecule has 2 amide bonds. The quantitative estimate of drug-likeness (QED) is 0.169. The summed E-state index contributed by atoms with van der Waals surface area (Å²) in [6.45, 7) is 2.17. The molecule has 1 saturated heterocycles. The Morgan fingerprint density at radius 3 is 2.51 bits per heavy atom. The molecule has 178 valence electrons. The van der Waals surface area contributed by atoms with Crippen molar-refractivity contribution in [1.29, 1.82) is 0 Å². The van der Waals surface area contributed by atoms with Crippen molar-refractivity contribution < 1.29 is 23.9 Å². The highest BCUT2D eigenvalue weighted by molar-refractivity contribution is 9.10. The van der Waals surface area contributed by atoms with Crippen LogP contribution in [0.5, 0.6) is 11.5 Å². The van der Waals surface area contributed by atoms with E-state index in [9.17, 15) is 14.4 Å². The molecule has 0 aliphatic carbocycles. The molecule has 1 aliphatic rings. The third-order valence-corrected chi connectivity index (χ3v) is 7.32. The van der Waals surface area contributed by atoms with Crippen molar-refractivity contribution in [3.8, 4) is 11.5 Å². The largest absolute Gasteiger partial charge is 0.493 e. The van der Waals surface area contributed by atoms with E-state index in [1.54, 1.807) is 42.5 Å². The van der Waals surface area contributed by atoms with Gasteiger partial charge in [0.05, 0.1) is 28.6 Å². The third-order valence-electron chi connectivity index (χ3n) is 5.13. The van der Waals surface area contributed by atoms with E-state index < -0.39 is 5.97 Å². The van der Waals surface area contributed by atoms with Crippen LogP contribution in [0.3, 0.4) is 0 Å². The fourth-order valence-corrected chi connectivity index (χ4v) is 5.30. The van der Waals surface area contributed by atoms with Gasteiger partial charge in [-0.05, 0) is 92.0 Å². The molecule has 1 heterocycles. The Hall–Kier alpha value is -2.88. The molecule has 4 rings (SSSR count). The summed E-state index contributed by atoms with van der Waals surface area (Å²) in [6, 6.07) is 18.0. The monoisotopic (exact) mass is 615 g/mol. The predicted octanol–water partition coefficient (Wildman–Crippen LogP) is 6.98. The molecule has 0 unspecified atom stereocenters. The average Bonchev–Trinajstić information content (AvgIpc) is 3.08. The molecule has 3 aromatic carbocycles. The molecule has 1 aliphatic heterocycles. The summed E-state index contributed by atoms with van der Waals surface area (Å²) >= 11 is 7.66. The summed E-state index contributed by atoms with van der Waals surface area (Å²) in [5.74, 6) is -0.412. The number of rotatable bonds is 6. The smallest absolute Gasteiger partial charge is 0.344 e. The van der Waals surface area contributed by atoms with Crippen LogP contribution in [0.25, 0.3) is 6.08 Å². The second-order valence-electron chi connectivity index (χ2n) is 7.66. The molecule has 9 heteroatoms. The van der Waals surface area contributed by atoms with Gasteiger partial charge in [-0.1, -0.05) is 42.0 Å². The number of carbonyl (C=O) groups excluding carboxylic acids is 3. The van der Waals surface area contributed by atoms with Crippen molar-refractivity contribution in [3.05, 3.63) is 96.8 Å². The number of hydrogen-bond acceptors (Lipinski definition) is 6. The van der Waals surface area contributed by atoms with Crippen LogP contribution in [-0.2, 0) is 11.3 Å². The van der Waals surface area contributed by atoms with Crippen LogP contribution in [0.2, 0.25) is 0 Å². The number of halogens is 2. The average molecular weight is 617 g/mol. The Balaban J connectivity index is 1.57. The molecule has 0 spiro atoms. The van der Waals surface area contributed by atoms with E-state index >= 15 is 0 Å². The van der Waals surface area contributed by atoms with Gasteiger partial charge >= 0.3 is 5.97 Å². The van der Waals surface area contributed by atoms with Crippen LogP contribution in [0.4, 0.5) is 4.79 Å². The molecular weight excluding hydrogens is 598 g/mol. The first-order valence-corrected chi connectivity index (χ1v) is 12.8. The van der Waals surface area contributed by atoms with Crippen LogP contribution < -0.4 is 9.47 Å². The molecule has 0 saturated carbocycles. The minimum Gasteiger partial charge on any atom is -0.493 e. The summed E-state index contributed by atoms with van der Waals surface area (Å²) in [7, 11) is 1.46. The van der Waals surface area contributed by atoms with Gasteiger partial charge in [-0.3, -0.25) is 14.5 Å². The minimum absolute atomic E-state index is 0.206. The lowest BCUT2D eigenvalue weighted by Gasteiger charge is -2.13. The van der Waals surface area contributed by atoms with Crippen molar-refractivity contribution in [2.75, 3.05) is 7.11 Å². The lowest BCUT2D eigenvalue weighted by atomic mass is 10.1. The summed E-state index contributed by atoms with van der Waals surface area (Å²) in [4.78, 5) is 39.7. The van der Waals surface area contributed by atoms with Gasteiger partial charge in [-0.2, -0.15) is 0 Å². The normalized spacial score (nSPS) is 14.5. The van der Waals surface area contributed by atoms with Crippen molar-refractivity contribution >= 4 is 66.8 Å². The van der Waals surface area contributed by atoms with E-state index in [1.807, 2.05) is 31.2 Å². The first-order valence-electron chi connectivity index (χ1n) is 10.4. The number of thioether (sulfide) groups is 1. The van der Waals surface area contributed by atoms with Gasteiger partial charge in [-0.25, -0.2) is 4.79 Å². The number of nitrogens with zero attached hydrogens (tertiary/aromatic N) is 1. The fourth-order valence-electron chi connectivity index (χ4n) is 3.48. The fraction of sp³-hybridized carbons (Fsp3) is 0.115. The number of benzene rings is 3. The van der Waals surface area contributed by atoms with Gasteiger partial charge in [-0.15, -0.1) is 0 Å². The number of imide groups is 1. The van der Waals surface area contributed by atoms with Crippen molar-refractivity contribution in [3.63, 3.8) is 0 Å². The van der Waals surface area contributed by atoms with E-state index in [0.717, 1.165) is 22.9 Å². The maximum absolute atomic E-state index is 12.9. The number of esters is 1. The summed E-state index contributed by atoms with van der Waals surface area (Å²) in [5.41, 5.74) is 2.92. The molecule has 0 bridgehead atoms. The molecule has 6 nitrogen and oxygen atoms in total. The first-order chi connectivity index (χ1) is 16.8. The van der Waals surface area contributed by atoms with Crippen molar-refractivity contribution in [2.45, 2.75) is 13.5 Å². The van der Waals surface area contributed by atoms with Crippen LogP contribution in [-0.4, -0.2) is 29.1 Å². The number of carbonyl (C=O) groups is 3. The van der Waals surface area contributed by atoms with Gasteiger partial charge in [0.25, 0.3) is 11.1 Å². The molecule has 3 aromatic rings. The van der Waals surface area contributed by atoms with E-state index in [0.29, 0.717) is 30.7 Å². The first kappa shape index (κ1) is 25.2. The van der Waals surface area contributed by atoms with Crippen LogP contribution >= 0.6 is 43.6 Å². The minimum atomic E-state index is -0.554.